The van der Waals surface area contributed by atoms with Crippen LogP contribution in [-0.4, -0.2) is 49.1 Å². The molecule has 0 radical (unpaired) electrons. The number of hydrogen-bond donors (Lipinski definition) is 1. The second-order valence-corrected chi connectivity index (χ2v) is 5.43. The molecule has 23 heavy (non-hydrogen) atoms. The maximum absolute atomic E-state index is 12.3. The van der Waals surface area contributed by atoms with E-state index in [9.17, 15) is 14.9 Å². The van der Waals surface area contributed by atoms with Crippen LogP contribution in [0.3, 0.4) is 0 Å². The summed E-state index contributed by atoms with van der Waals surface area (Å²) in [5.74, 6) is -0.687. The van der Waals surface area contributed by atoms with Gasteiger partial charge in [0.15, 0.2) is 5.52 Å². The predicted octanol–water partition coefficient (Wildman–Crippen LogP) is 2.03. The van der Waals surface area contributed by atoms with Crippen molar-refractivity contribution in [2.24, 2.45) is 0 Å². The Bertz CT molecular complexity index is 943. The van der Waals surface area contributed by atoms with Crippen molar-refractivity contribution in [2.45, 2.75) is 5.92 Å². The number of nitro groups is 1. The van der Waals surface area contributed by atoms with Gasteiger partial charge in [0, 0.05) is 11.8 Å². The standard InChI is InChI=1S/C14H8N4O3S.Na.H/c19-14-11(7-3-1-2-4-9(7)15-14)8-5-6-10(18(20)21)13-12(8)16-22-17-13;;/h1-6,11H,(H,15,19);;. The minimum atomic E-state index is -0.525. The number of nitrogens with zero attached hydrogens (tertiary/aromatic N) is 3. The van der Waals surface area contributed by atoms with E-state index in [2.05, 4.69) is 14.1 Å². The molecule has 0 saturated heterocycles. The Morgan fingerprint density at radius 1 is 1.09 bits per heavy atom. The van der Waals surface area contributed by atoms with E-state index in [-0.39, 0.29) is 46.7 Å². The molecule has 0 spiro atoms. The number of rotatable bonds is 2. The molecule has 4 rings (SSSR count). The summed E-state index contributed by atoms with van der Waals surface area (Å²) in [6, 6.07) is 10.4. The van der Waals surface area contributed by atoms with Crippen molar-refractivity contribution in [1.82, 2.24) is 8.75 Å². The normalized spacial score (nSPS) is 15.8. The zero-order chi connectivity index (χ0) is 15.3. The first kappa shape index (κ1) is 16.0. The first-order chi connectivity index (χ1) is 10.7. The summed E-state index contributed by atoms with van der Waals surface area (Å²) in [5.41, 5.74) is 2.78. The van der Waals surface area contributed by atoms with Gasteiger partial charge >= 0.3 is 29.6 Å². The van der Waals surface area contributed by atoms with Crippen LogP contribution in [0.5, 0.6) is 0 Å². The van der Waals surface area contributed by atoms with Gasteiger partial charge in [0.1, 0.15) is 5.52 Å². The van der Waals surface area contributed by atoms with E-state index in [1.54, 1.807) is 6.07 Å². The Balaban J connectivity index is 0.00000156. The van der Waals surface area contributed by atoms with E-state index in [4.69, 9.17) is 0 Å². The van der Waals surface area contributed by atoms with Crippen molar-refractivity contribution in [1.29, 1.82) is 0 Å². The number of aromatic nitrogens is 2. The van der Waals surface area contributed by atoms with E-state index in [0.717, 1.165) is 23.0 Å². The molecule has 2 heterocycles. The first-order valence-electron chi connectivity index (χ1n) is 6.46. The van der Waals surface area contributed by atoms with Gasteiger partial charge in [-0.2, -0.15) is 8.75 Å². The van der Waals surface area contributed by atoms with E-state index in [0.29, 0.717) is 11.1 Å². The summed E-state index contributed by atoms with van der Waals surface area (Å²) >= 11 is 0.904. The molecule has 1 aliphatic rings. The minimum absolute atomic E-state index is 0. The first-order valence-corrected chi connectivity index (χ1v) is 7.19. The van der Waals surface area contributed by atoms with Gasteiger partial charge in [0.2, 0.25) is 5.91 Å². The van der Waals surface area contributed by atoms with Crippen molar-refractivity contribution < 1.29 is 9.72 Å². The van der Waals surface area contributed by atoms with Gasteiger partial charge in [-0.25, -0.2) is 0 Å². The summed E-state index contributed by atoms with van der Waals surface area (Å²) in [4.78, 5) is 22.9. The van der Waals surface area contributed by atoms with Gasteiger partial charge in [0.05, 0.1) is 22.6 Å². The molecule has 0 fully saturated rings. The SMILES string of the molecule is O=C1Nc2ccccc2C1c1ccc([N+](=O)[O-])c2nsnc12.[NaH]. The number of anilines is 1. The molecular weight excluding hydrogens is 327 g/mol. The van der Waals surface area contributed by atoms with E-state index in [1.807, 2.05) is 24.3 Å². The van der Waals surface area contributed by atoms with Crippen LogP contribution in [0.4, 0.5) is 11.4 Å². The molecule has 0 bridgehead atoms. The fourth-order valence-corrected chi connectivity index (χ4v) is 3.35. The van der Waals surface area contributed by atoms with Gasteiger partial charge in [-0.05, 0) is 23.3 Å². The molecular formula is C14H9N4NaO3S. The van der Waals surface area contributed by atoms with Gasteiger partial charge in [-0.15, -0.1) is 0 Å². The summed E-state index contributed by atoms with van der Waals surface area (Å²) in [6.45, 7) is 0. The number of amides is 1. The number of nitrogens with one attached hydrogen (secondary N) is 1. The molecule has 0 saturated carbocycles. The van der Waals surface area contributed by atoms with Crippen molar-refractivity contribution in [3.8, 4) is 0 Å². The second kappa shape index (κ2) is 5.97. The van der Waals surface area contributed by atoms with Crippen LogP contribution >= 0.6 is 11.7 Å². The number of benzene rings is 2. The molecule has 1 amide bonds. The average Bonchev–Trinajstić information content (AvgIpc) is 3.09. The molecule has 9 heteroatoms. The number of non-ortho nitro benzene ring substituents is 1. The van der Waals surface area contributed by atoms with Crippen molar-refractivity contribution in [2.75, 3.05) is 5.32 Å². The molecule has 1 unspecified atom stereocenters. The fraction of sp³-hybridized carbons (Fsp3) is 0.0714. The Morgan fingerprint density at radius 3 is 2.61 bits per heavy atom. The van der Waals surface area contributed by atoms with Crippen LogP contribution < -0.4 is 5.32 Å². The van der Waals surface area contributed by atoms with Crippen molar-refractivity contribution in [3.63, 3.8) is 0 Å². The fourth-order valence-electron chi connectivity index (χ4n) is 2.77. The second-order valence-electron chi connectivity index (χ2n) is 4.90. The van der Waals surface area contributed by atoms with Crippen LogP contribution in [0, 0.1) is 10.1 Å². The number of carbonyl (C=O) groups excluding carboxylic acids is 1. The molecule has 0 aliphatic carbocycles. The Morgan fingerprint density at radius 2 is 1.83 bits per heavy atom. The molecule has 1 atom stereocenters. The third-order valence-electron chi connectivity index (χ3n) is 3.72. The van der Waals surface area contributed by atoms with Crippen LogP contribution in [-0.2, 0) is 4.79 Å². The molecule has 1 N–H and O–H groups in total. The Kier molecular flexibility index (Phi) is 4.15. The summed E-state index contributed by atoms with van der Waals surface area (Å²) in [5, 5.41) is 13.9. The summed E-state index contributed by atoms with van der Waals surface area (Å²) < 4.78 is 8.17. The number of nitro benzene ring substituents is 1. The molecule has 7 nitrogen and oxygen atoms in total. The van der Waals surface area contributed by atoms with E-state index in [1.165, 1.54) is 6.07 Å². The van der Waals surface area contributed by atoms with Gasteiger partial charge in [0.25, 0.3) is 5.69 Å². The number of fused-ring (bicyclic) bond motifs is 2. The molecule has 1 aromatic heterocycles. The zero-order valence-corrected chi connectivity index (χ0v) is 11.8. The Labute approximate surface area is 156 Å². The van der Waals surface area contributed by atoms with Crippen LogP contribution in [0.25, 0.3) is 11.0 Å². The summed E-state index contributed by atoms with van der Waals surface area (Å²) in [6.07, 6.45) is 0. The zero-order valence-electron chi connectivity index (χ0n) is 11.0. The molecule has 1 aliphatic heterocycles. The monoisotopic (exact) mass is 336 g/mol. The van der Waals surface area contributed by atoms with Crippen LogP contribution in [0.2, 0.25) is 0 Å². The maximum atomic E-state index is 12.3. The number of para-hydroxylation sites is 1. The van der Waals surface area contributed by atoms with Crippen LogP contribution in [0.1, 0.15) is 17.0 Å². The van der Waals surface area contributed by atoms with E-state index >= 15 is 0 Å². The van der Waals surface area contributed by atoms with Gasteiger partial charge < -0.3 is 5.32 Å². The van der Waals surface area contributed by atoms with Crippen molar-refractivity contribution in [3.05, 3.63) is 57.6 Å². The predicted molar refractivity (Wildman–Crippen MR) is 88.1 cm³/mol. The van der Waals surface area contributed by atoms with E-state index < -0.39 is 10.8 Å². The van der Waals surface area contributed by atoms with Crippen LogP contribution in [0.15, 0.2) is 36.4 Å². The molecule has 110 valence electrons. The van der Waals surface area contributed by atoms with Gasteiger partial charge in [-0.1, -0.05) is 18.2 Å². The summed E-state index contributed by atoms with van der Waals surface area (Å²) in [7, 11) is 0. The molecule has 3 aromatic rings. The number of carbonyl (C=O) groups is 1. The third kappa shape index (κ3) is 2.43. The number of hydrogen-bond acceptors (Lipinski definition) is 6. The topological polar surface area (TPSA) is 98.0 Å². The van der Waals surface area contributed by atoms with Crippen molar-refractivity contribution >= 4 is 69.6 Å². The van der Waals surface area contributed by atoms with Gasteiger partial charge in [-0.3, -0.25) is 14.9 Å². The average molecular weight is 336 g/mol. The Hall–Kier alpha value is -1.87. The third-order valence-corrected chi connectivity index (χ3v) is 4.25. The molecule has 2 aromatic carbocycles. The quantitative estimate of drug-likeness (QED) is 0.439.